The monoisotopic (exact) mass is 331 g/mol. The first-order valence-electron chi connectivity index (χ1n) is 7.78. The number of methoxy groups -OCH3 is 1. The summed E-state index contributed by atoms with van der Waals surface area (Å²) in [5.41, 5.74) is 2.42. The van der Waals surface area contributed by atoms with Crippen LogP contribution in [0, 0.1) is 0 Å². The zero-order valence-electron chi connectivity index (χ0n) is 13.3. The van der Waals surface area contributed by atoms with E-state index >= 15 is 0 Å². The van der Waals surface area contributed by atoms with Crippen molar-refractivity contribution in [2.45, 2.75) is 42.4 Å². The van der Waals surface area contributed by atoms with Gasteiger partial charge in [0.1, 0.15) is 5.75 Å². The molecule has 0 bridgehead atoms. The lowest BCUT2D eigenvalue weighted by atomic mass is 9.93. The largest absolute Gasteiger partial charge is 0.497 e. The number of carbonyl (C=O) groups excluding carboxylic acids is 1. The molecule has 0 fully saturated rings. The molecule has 6 heteroatoms. The maximum atomic E-state index is 12.4. The van der Waals surface area contributed by atoms with Crippen molar-refractivity contribution in [3.05, 3.63) is 41.7 Å². The Morgan fingerprint density at radius 1 is 1.43 bits per heavy atom. The van der Waals surface area contributed by atoms with E-state index in [4.69, 9.17) is 4.74 Å². The number of amides is 1. The van der Waals surface area contributed by atoms with E-state index in [2.05, 4.69) is 15.5 Å². The van der Waals surface area contributed by atoms with Crippen molar-refractivity contribution in [2.24, 2.45) is 0 Å². The summed E-state index contributed by atoms with van der Waals surface area (Å²) < 4.78 is 5.15. The number of aromatic amines is 1. The fraction of sp³-hybridized carbons (Fsp3) is 0.412. The number of aryl methyl sites for hydroxylation is 1. The van der Waals surface area contributed by atoms with Gasteiger partial charge in [-0.1, -0.05) is 0 Å². The maximum absolute atomic E-state index is 12.4. The Hall–Kier alpha value is -1.95. The van der Waals surface area contributed by atoms with Crippen molar-refractivity contribution in [2.75, 3.05) is 7.11 Å². The van der Waals surface area contributed by atoms with Gasteiger partial charge in [-0.3, -0.25) is 9.89 Å². The molecule has 1 aromatic heterocycles. The van der Waals surface area contributed by atoms with Crippen LogP contribution in [0.2, 0.25) is 0 Å². The number of carbonyl (C=O) groups is 1. The molecular formula is C17H21N3O2S. The summed E-state index contributed by atoms with van der Waals surface area (Å²) in [6.07, 6.45) is 4.63. The number of H-pyrrole nitrogens is 1. The first-order valence-corrected chi connectivity index (χ1v) is 8.66. The lowest BCUT2D eigenvalue weighted by Gasteiger charge is -2.24. The number of fused-ring (bicyclic) bond motifs is 1. The molecule has 1 aromatic carbocycles. The molecule has 0 saturated heterocycles. The molecule has 1 amide bonds. The highest BCUT2D eigenvalue weighted by Crippen LogP contribution is 2.26. The number of nitrogens with one attached hydrogen (secondary N) is 2. The number of nitrogens with zero attached hydrogens (tertiary/aromatic N) is 1. The minimum Gasteiger partial charge on any atom is -0.497 e. The molecular weight excluding hydrogens is 310 g/mol. The molecule has 5 nitrogen and oxygen atoms in total. The molecule has 0 aliphatic heterocycles. The molecule has 2 N–H and O–H groups in total. The van der Waals surface area contributed by atoms with Gasteiger partial charge in [0.2, 0.25) is 5.91 Å². The standard InChI is InChI=1S/C17H21N3O2S/c1-11(23-15-6-4-14(22-2)5-7-15)17(21)19-13-3-8-16-12(9-13)10-18-20-16/h4-7,10-11,13H,3,8-9H2,1-2H3,(H,18,20)(H,19,21)/t11-,13-/m0/s1. The molecule has 0 spiro atoms. The van der Waals surface area contributed by atoms with Crippen LogP contribution < -0.4 is 10.1 Å². The molecule has 1 aliphatic rings. The van der Waals surface area contributed by atoms with Gasteiger partial charge >= 0.3 is 0 Å². The van der Waals surface area contributed by atoms with E-state index in [1.165, 1.54) is 11.3 Å². The third kappa shape index (κ3) is 3.88. The number of ether oxygens (including phenoxy) is 1. The van der Waals surface area contributed by atoms with Crippen molar-refractivity contribution in [3.63, 3.8) is 0 Å². The average molecular weight is 331 g/mol. The summed E-state index contributed by atoms with van der Waals surface area (Å²) in [4.78, 5) is 13.5. The van der Waals surface area contributed by atoms with Crippen molar-refractivity contribution in [3.8, 4) is 5.75 Å². The van der Waals surface area contributed by atoms with Crippen molar-refractivity contribution < 1.29 is 9.53 Å². The molecule has 1 heterocycles. The Bertz CT molecular complexity index is 669. The molecule has 3 rings (SSSR count). The fourth-order valence-corrected chi connectivity index (χ4v) is 3.65. The van der Waals surface area contributed by atoms with Crippen LogP contribution >= 0.6 is 11.8 Å². The number of hydrogen-bond donors (Lipinski definition) is 2. The lowest BCUT2D eigenvalue weighted by molar-refractivity contribution is -0.121. The summed E-state index contributed by atoms with van der Waals surface area (Å²) in [7, 11) is 1.65. The average Bonchev–Trinajstić information content (AvgIpc) is 3.03. The second-order valence-electron chi connectivity index (χ2n) is 5.76. The molecule has 1 aliphatic carbocycles. The Morgan fingerprint density at radius 2 is 2.22 bits per heavy atom. The third-order valence-electron chi connectivity index (χ3n) is 4.10. The number of rotatable bonds is 5. The van der Waals surface area contributed by atoms with Gasteiger partial charge in [0.25, 0.3) is 0 Å². The van der Waals surface area contributed by atoms with E-state index in [0.29, 0.717) is 0 Å². The van der Waals surface area contributed by atoms with Gasteiger partial charge < -0.3 is 10.1 Å². The van der Waals surface area contributed by atoms with Crippen LogP contribution in [-0.4, -0.2) is 34.5 Å². The Kier molecular flexibility index (Phi) is 4.91. The Morgan fingerprint density at radius 3 is 2.96 bits per heavy atom. The summed E-state index contributed by atoms with van der Waals surface area (Å²) in [5, 5.41) is 10.1. The second kappa shape index (κ2) is 7.08. The molecule has 2 atom stereocenters. The quantitative estimate of drug-likeness (QED) is 0.827. The Labute approximate surface area is 140 Å². The maximum Gasteiger partial charge on any atom is 0.233 e. The molecule has 0 radical (unpaired) electrons. The molecule has 2 aromatic rings. The van der Waals surface area contributed by atoms with Crippen LogP contribution in [0.4, 0.5) is 0 Å². The number of benzene rings is 1. The van der Waals surface area contributed by atoms with Crippen LogP contribution in [-0.2, 0) is 17.6 Å². The van der Waals surface area contributed by atoms with E-state index in [1.54, 1.807) is 18.9 Å². The molecule has 23 heavy (non-hydrogen) atoms. The predicted molar refractivity (Wildman–Crippen MR) is 90.9 cm³/mol. The number of aromatic nitrogens is 2. The van der Waals surface area contributed by atoms with Crippen LogP contribution in [0.25, 0.3) is 0 Å². The molecule has 122 valence electrons. The first kappa shape index (κ1) is 15.9. The predicted octanol–water partition coefficient (Wildman–Crippen LogP) is 2.57. The SMILES string of the molecule is COc1ccc(S[C@@H](C)C(=O)N[C@H]2CCc3[nH]ncc3C2)cc1. The van der Waals surface area contributed by atoms with E-state index in [0.717, 1.165) is 29.9 Å². The third-order valence-corrected chi connectivity index (χ3v) is 5.22. The van der Waals surface area contributed by atoms with Gasteiger partial charge in [-0.15, -0.1) is 11.8 Å². The molecule has 0 saturated carbocycles. The van der Waals surface area contributed by atoms with E-state index in [-0.39, 0.29) is 17.2 Å². The highest BCUT2D eigenvalue weighted by molar-refractivity contribution is 8.00. The zero-order valence-corrected chi connectivity index (χ0v) is 14.2. The van der Waals surface area contributed by atoms with Gasteiger partial charge in [0, 0.05) is 16.6 Å². The van der Waals surface area contributed by atoms with Crippen LogP contribution in [0.1, 0.15) is 24.6 Å². The Balaban J connectivity index is 1.53. The lowest BCUT2D eigenvalue weighted by Crippen LogP contribution is -2.42. The fourth-order valence-electron chi connectivity index (χ4n) is 2.77. The van der Waals surface area contributed by atoms with Gasteiger partial charge in [-0.05, 0) is 56.0 Å². The van der Waals surface area contributed by atoms with Crippen molar-refractivity contribution >= 4 is 17.7 Å². The summed E-state index contributed by atoms with van der Waals surface area (Å²) >= 11 is 1.56. The van der Waals surface area contributed by atoms with Crippen molar-refractivity contribution in [1.82, 2.24) is 15.5 Å². The summed E-state index contributed by atoms with van der Waals surface area (Å²) in [6, 6.07) is 7.98. The van der Waals surface area contributed by atoms with Gasteiger partial charge in [-0.25, -0.2) is 0 Å². The van der Waals surface area contributed by atoms with Gasteiger partial charge in [0.15, 0.2) is 0 Å². The van der Waals surface area contributed by atoms with Crippen LogP contribution in [0.5, 0.6) is 5.75 Å². The van der Waals surface area contributed by atoms with E-state index in [1.807, 2.05) is 37.4 Å². The topological polar surface area (TPSA) is 67.0 Å². The van der Waals surface area contributed by atoms with Crippen molar-refractivity contribution in [1.29, 1.82) is 0 Å². The highest BCUT2D eigenvalue weighted by atomic mass is 32.2. The van der Waals surface area contributed by atoms with E-state index < -0.39 is 0 Å². The minimum atomic E-state index is -0.130. The van der Waals surface area contributed by atoms with Crippen LogP contribution in [0.3, 0.4) is 0 Å². The summed E-state index contributed by atoms with van der Waals surface area (Å²) in [5.74, 6) is 0.910. The highest BCUT2D eigenvalue weighted by Gasteiger charge is 2.23. The number of hydrogen-bond acceptors (Lipinski definition) is 4. The minimum absolute atomic E-state index is 0.0859. The van der Waals surface area contributed by atoms with Gasteiger partial charge in [-0.2, -0.15) is 5.10 Å². The van der Waals surface area contributed by atoms with E-state index in [9.17, 15) is 4.79 Å². The molecule has 0 unspecified atom stereocenters. The summed E-state index contributed by atoms with van der Waals surface area (Å²) in [6.45, 7) is 1.94. The number of thioether (sulfide) groups is 1. The smallest absolute Gasteiger partial charge is 0.233 e. The van der Waals surface area contributed by atoms with Crippen LogP contribution in [0.15, 0.2) is 35.4 Å². The first-order chi connectivity index (χ1) is 11.2. The zero-order chi connectivity index (χ0) is 16.2. The normalized spacial score (nSPS) is 18.1. The van der Waals surface area contributed by atoms with Gasteiger partial charge in [0.05, 0.1) is 18.6 Å². The second-order valence-corrected chi connectivity index (χ2v) is 7.17.